The number of quaternary nitrogens is 1. The number of carbonyl (C=O) groups excluding carboxylic acids is 2. The lowest BCUT2D eigenvalue weighted by atomic mass is 10.2. The molecule has 0 saturated carbocycles. The molecule has 0 unspecified atom stereocenters. The van der Waals surface area contributed by atoms with E-state index in [1.54, 1.807) is 24.0 Å². The van der Waals surface area contributed by atoms with Gasteiger partial charge in [0, 0.05) is 6.07 Å². The van der Waals surface area contributed by atoms with Crippen molar-refractivity contribution in [2.45, 2.75) is 20.8 Å². The largest absolute Gasteiger partial charge is 0.494 e. The van der Waals surface area contributed by atoms with Gasteiger partial charge in [-0.05, 0) is 32.9 Å². The average molecular weight is 380 g/mol. The average Bonchev–Trinajstić information content (AvgIpc) is 2.65. The number of hydrogen-bond donors (Lipinski definition) is 2. The molecule has 0 aliphatic carbocycles. The third-order valence-electron chi connectivity index (χ3n) is 4.24. The lowest BCUT2D eigenvalue weighted by Gasteiger charge is -2.31. The van der Waals surface area contributed by atoms with Gasteiger partial charge in [-0.1, -0.05) is 0 Å². The van der Waals surface area contributed by atoms with E-state index < -0.39 is 0 Å². The Labute approximate surface area is 160 Å². The number of anilines is 1. The van der Waals surface area contributed by atoms with Crippen molar-refractivity contribution in [2.24, 2.45) is 0 Å². The topological polar surface area (TPSA) is 81.5 Å². The SMILES string of the molecule is CCOC(=O)N1CC[NH+](CC(=O)Nc2cc(OCC)ccc2OCC)CC1. The number of piperazine rings is 1. The van der Waals surface area contributed by atoms with Gasteiger partial charge in [0.25, 0.3) is 5.91 Å². The molecule has 2 N–H and O–H groups in total. The molecular formula is C19H30N3O5+. The van der Waals surface area contributed by atoms with Crippen molar-refractivity contribution < 1.29 is 28.7 Å². The zero-order valence-corrected chi connectivity index (χ0v) is 16.4. The lowest BCUT2D eigenvalue weighted by Crippen LogP contribution is -3.15. The number of nitrogens with zero attached hydrogens (tertiary/aromatic N) is 1. The molecule has 1 fully saturated rings. The maximum atomic E-state index is 12.5. The first-order chi connectivity index (χ1) is 13.1. The molecule has 0 atom stereocenters. The van der Waals surface area contributed by atoms with E-state index in [9.17, 15) is 9.59 Å². The summed E-state index contributed by atoms with van der Waals surface area (Å²) in [6.45, 7) is 9.97. The van der Waals surface area contributed by atoms with Crippen molar-refractivity contribution in [3.8, 4) is 11.5 Å². The van der Waals surface area contributed by atoms with Gasteiger partial charge in [0.05, 0.1) is 51.7 Å². The van der Waals surface area contributed by atoms with E-state index in [0.717, 1.165) is 4.90 Å². The Morgan fingerprint density at radius 3 is 2.41 bits per heavy atom. The first-order valence-electron chi connectivity index (χ1n) is 9.52. The van der Waals surface area contributed by atoms with Crippen molar-refractivity contribution in [3.05, 3.63) is 18.2 Å². The number of benzene rings is 1. The molecule has 1 saturated heterocycles. The van der Waals surface area contributed by atoms with Crippen LogP contribution in [0.15, 0.2) is 18.2 Å². The van der Waals surface area contributed by atoms with Crippen LogP contribution in [0, 0.1) is 0 Å². The Balaban J connectivity index is 1.90. The van der Waals surface area contributed by atoms with Gasteiger partial charge in [0.1, 0.15) is 11.5 Å². The molecule has 0 radical (unpaired) electrons. The quantitative estimate of drug-likeness (QED) is 0.697. The smallest absolute Gasteiger partial charge is 0.410 e. The van der Waals surface area contributed by atoms with Gasteiger partial charge in [0.15, 0.2) is 6.54 Å². The highest BCUT2D eigenvalue weighted by atomic mass is 16.6. The van der Waals surface area contributed by atoms with Crippen molar-refractivity contribution in [2.75, 3.05) is 57.9 Å². The molecule has 8 nitrogen and oxygen atoms in total. The summed E-state index contributed by atoms with van der Waals surface area (Å²) in [6, 6.07) is 5.40. The molecule has 1 aliphatic heterocycles. The highest BCUT2D eigenvalue weighted by Crippen LogP contribution is 2.29. The first kappa shape index (κ1) is 20.8. The van der Waals surface area contributed by atoms with Crippen LogP contribution in [-0.4, -0.2) is 69.4 Å². The summed E-state index contributed by atoms with van der Waals surface area (Å²) in [7, 11) is 0. The molecule has 1 aliphatic rings. The van der Waals surface area contributed by atoms with Gasteiger partial charge >= 0.3 is 6.09 Å². The van der Waals surface area contributed by atoms with Gasteiger partial charge in [0.2, 0.25) is 0 Å². The van der Waals surface area contributed by atoms with Gasteiger partial charge in [-0.25, -0.2) is 4.79 Å². The Morgan fingerprint density at radius 2 is 1.78 bits per heavy atom. The van der Waals surface area contributed by atoms with Crippen LogP contribution in [-0.2, 0) is 9.53 Å². The Hall–Kier alpha value is -2.48. The third-order valence-corrected chi connectivity index (χ3v) is 4.24. The molecule has 27 heavy (non-hydrogen) atoms. The van der Waals surface area contributed by atoms with Gasteiger partial charge in [-0.2, -0.15) is 0 Å². The highest BCUT2D eigenvalue weighted by Gasteiger charge is 2.26. The zero-order valence-electron chi connectivity index (χ0n) is 16.4. The van der Waals surface area contributed by atoms with Crippen LogP contribution in [0.1, 0.15) is 20.8 Å². The van der Waals surface area contributed by atoms with E-state index in [-0.39, 0.29) is 12.0 Å². The van der Waals surface area contributed by atoms with Crippen LogP contribution in [0.2, 0.25) is 0 Å². The zero-order chi connectivity index (χ0) is 19.6. The number of amides is 2. The summed E-state index contributed by atoms with van der Waals surface area (Å²) in [5.41, 5.74) is 0.609. The molecule has 2 amide bonds. The van der Waals surface area contributed by atoms with E-state index in [2.05, 4.69) is 5.32 Å². The fraction of sp³-hybridized carbons (Fsp3) is 0.579. The fourth-order valence-electron chi connectivity index (χ4n) is 2.96. The third kappa shape index (κ3) is 6.32. The number of nitrogens with one attached hydrogen (secondary N) is 2. The number of hydrogen-bond acceptors (Lipinski definition) is 5. The molecule has 8 heteroatoms. The number of ether oxygens (including phenoxy) is 3. The van der Waals surface area contributed by atoms with Crippen LogP contribution < -0.4 is 19.7 Å². The van der Waals surface area contributed by atoms with Crippen molar-refractivity contribution in [1.82, 2.24) is 4.90 Å². The Kier molecular flexibility index (Phi) is 8.19. The second kappa shape index (κ2) is 10.6. The fourth-order valence-corrected chi connectivity index (χ4v) is 2.96. The van der Waals surface area contributed by atoms with Crippen LogP contribution in [0.25, 0.3) is 0 Å². The molecule has 0 aromatic heterocycles. The molecule has 150 valence electrons. The van der Waals surface area contributed by atoms with Crippen molar-refractivity contribution in [1.29, 1.82) is 0 Å². The molecular weight excluding hydrogens is 350 g/mol. The van der Waals surface area contributed by atoms with E-state index in [0.29, 0.717) is 69.7 Å². The van der Waals surface area contributed by atoms with E-state index in [1.807, 2.05) is 19.9 Å². The molecule has 2 rings (SSSR count). The molecule has 0 spiro atoms. The van der Waals surface area contributed by atoms with E-state index in [4.69, 9.17) is 14.2 Å². The minimum absolute atomic E-state index is 0.0933. The van der Waals surface area contributed by atoms with Crippen LogP contribution in [0.5, 0.6) is 11.5 Å². The predicted octanol–water partition coefficient (Wildman–Crippen LogP) is 0.780. The van der Waals surface area contributed by atoms with Gasteiger partial charge in [-0.3, -0.25) is 9.69 Å². The van der Waals surface area contributed by atoms with Crippen LogP contribution >= 0.6 is 0 Å². The van der Waals surface area contributed by atoms with Crippen molar-refractivity contribution in [3.63, 3.8) is 0 Å². The minimum Gasteiger partial charge on any atom is -0.494 e. The second-order valence-corrected chi connectivity index (χ2v) is 6.18. The summed E-state index contributed by atoms with van der Waals surface area (Å²) in [5, 5.41) is 2.93. The normalized spacial score (nSPS) is 14.6. The number of rotatable bonds is 8. The van der Waals surface area contributed by atoms with Gasteiger partial charge < -0.3 is 24.4 Å². The lowest BCUT2D eigenvalue weighted by molar-refractivity contribution is -0.895. The van der Waals surface area contributed by atoms with E-state index >= 15 is 0 Å². The summed E-state index contributed by atoms with van der Waals surface area (Å²) in [6.07, 6.45) is -0.282. The van der Waals surface area contributed by atoms with Crippen molar-refractivity contribution >= 4 is 17.7 Å². The summed E-state index contributed by atoms with van der Waals surface area (Å²) >= 11 is 0. The van der Waals surface area contributed by atoms with Crippen LogP contribution in [0.3, 0.4) is 0 Å². The second-order valence-electron chi connectivity index (χ2n) is 6.18. The summed E-state index contributed by atoms with van der Waals surface area (Å²) in [4.78, 5) is 27.0. The molecule has 1 heterocycles. The predicted molar refractivity (Wildman–Crippen MR) is 102 cm³/mol. The highest BCUT2D eigenvalue weighted by molar-refractivity contribution is 5.93. The minimum atomic E-state index is -0.282. The van der Waals surface area contributed by atoms with Crippen LogP contribution in [0.4, 0.5) is 10.5 Å². The summed E-state index contributed by atoms with van der Waals surface area (Å²) < 4.78 is 16.1. The summed E-state index contributed by atoms with van der Waals surface area (Å²) in [5.74, 6) is 1.22. The maximum Gasteiger partial charge on any atom is 0.410 e. The molecule has 0 bridgehead atoms. The Bertz CT molecular complexity index is 630. The Morgan fingerprint density at radius 1 is 1.07 bits per heavy atom. The van der Waals surface area contributed by atoms with Gasteiger partial charge in [-0.15, -0.1) is 0 Å². The maximum absolute atomic E-state index is 12.5. The standard InChI is InChI=1S/C19H29N3O5/c1-4-25-15-7-8-17(26-5-2)16(13-15)20-18(23)14-21-9-11-22(12-10-21)19(24)27-6-3/h7-8,13H,4-6,9-12,14H2,1-3H3,(H,20,23)/p+1. The first-order valence-corrected chi connectivity index (χ1v) is 9.52. The number of carbonyl (C=O) groups is 2. The monoisotopic (exact) mass is 380 g/mol. The molecule has 1 aromatic rings. The molecule has 1 aromatic carbocycles. The van der Waals surface area contributed by atoms with E-state index in [1.165, 1.54) is 0 Å².